The monoisotopic (exact) mass is 510 g/mol. The van der Waals surface area contributed by atoms with Gasteiger partial charge in [-0.2, -0.15) is 0 Å². The molecule has 2 heterocycles. The number of esters is 1. The number of benzene rings is 3. The minimum atomic E-state index is -0.486. The molecule has 6 heteroatoms. The summed E-state index contributed by atoms with van der Waals surface area (Å²) in [4.78, 5) is 17.3. The first kappa shape index (κ1) is 25.6. The first-order chi connectivity index (χ1) is 18.5. The highest BCUT2D eigenvalue weighted by atomic mass is 16.5. The van der Waals surface area contributed by atoms with Crippen molar-refractivity contribution in [3.8, 4) is 11.5 Å². The van der Waals surface area contributed by atoms with Gasteiger partial charge in [-0.25, -0.2) is 4.98 Å². The second-order valence-corrected chi connectivity index (χ2v) is 9.96. The molecule has 0 N–H and O–H groups in total. The summed E-state index contributed by atoms with van der Waals surface area (Å²) >= 11 is 0. The van der Waals surface area contributed by atoms with Gasteiger partial charge in [0, 0.05) is 30.3 Å². The molecule has 2 atom stereocenters. The van der Waals surface area contributed by atoms with E-state index in [9.17, 15) is 4.79 Å². The molecule has 0 radical (unpaired) electrons. The van der Waals surface area contributed by atoms with Crippen LogP contribution in [0.25, 0.3) is 0 Å². The summed E-state index contributed by atoms with van der Waals surface area (Å²) in [5, 5.41) is 0. The van der Waals surface area contributed by atoms with Crippen LogP contribution in [0.2, 0.25) is 0 Å². The standard InChI is InChI=1S/C32H34N2O4/c1-34-22-33-20-27(34)19-23-21-38-31(35)30(23)17-18-32(24-7-5-4-6-8-24,25-9-13-28(36-2)14-10-25)26-11-15-29(37-3)16-12-26/h4-16,20,22-23,30H,17-19,21H2,1-3H3/t23-,30-/m0/s1. The second-order valence-electron chi connectivity index (χ2n) is 9.96. The molecule has 6 nitrogen and oxygen atoms in total. The summed E-state index contributed by atoms with van der Waals surface area (Å²) in [5.41, 5.74) is 4.08. The van der Waals surface area contributed by atoms with Crippen LogP contribution in [-0.4, -0.2) is 36.3 Å². The molecule has 38 heavy (non-hydrogen) atoms. The number of hydrogen-bond acceptors (Lipinski definition) is 5. The van der Waals surface area contributed by atoms with Crippen LogP contribution in [0.5, 0.6) is 11.5 Å². The van der Waals surface area contributed by atoms with Gasteiger partial charge in [0.05, 0.1) is 33.1 Å². The van der Waals surface area contributed by atoms with Gasteiger partial charge in [0.25, 0.3) is 0 Å². The number of imidazole rings is 1. The Morgan fingerprint density at radius 3 is 2.00 bits per heavy atom. The fourth-order valence-corrected chi connectivity index (χ4v) is 5.79. The van der Waals surface area contributed by atoms with Crippen LogP contribution in [0.3, 0.4) is 0 Å². The summed E-state index contributed by atoms with van der Waals surface area (Å²) in [7, 11) is 5.34. The molecule has 0 aliphatic carbocycles. The molecule has 1 aromatic heterocycles. The number of cyclic esters (lactones) is 1. The Kier molecular flexibility index (Phi) is 7.50. The maximum Gasteiger partial charge on any atom is 0.309 e. The summed E-state index contributed by atoms with van der Waals surface area (Å²) in [6.07, 6.45) is 5.86. The van der Waals surface area contributed by atoms with Crippen LogP contribution in [0.15, 0.2) is 91.4 Å². The smallest absolute Gasteiger partial charge is 0.309 e. The molecule has 196 valence electrons. The van der Waals surface area contributed by atoms with Gasteiger partial charge in [-0.1, -0.05) is 54.6 Å². The molecule has 4 aromatic rings. The number of methoxy groups -OCH3 is 2. The van der Waals surface area contributed by atoms with Crippen molar-refractivity contribution in [3.05, 3.63) is 114 Å². The molecule has 3 aromatic carbocycles. The van der Waals surface area contributed by atoms with Crippen LogP contribution in [0.1, 0.15) is 35.2 Å². The number of nitrogens with zero attached hydrogens (tertiary/aromatic N) is 2. The number of hydrogen-bond donors (Lipinski definition) is 0. The molecular weight excluding hydrogens is 476 g/mol. The van der Waals surface area contributed by atoms with Gasteiger partial charge in [0.2, 0.25) is 0 Å². The predicted octanol–water partition coefficient (Wildman–Crippen LogP) is 5.58. The number of carbonyl (C=O) groups excluding carboxylic acids is 1. The number of aromatic nitrogens is 2. The maximum atomic E-state index is 13.0. The van der Waals surface area contributed by atoms with Gasteiger partial charge < -0.3 is 18.8 Å². The van der Waals surface area contributed by atoms with Gasteiger partial charge >= 0.3 is 5.97 Å². The molecule has 0 unspecified atom stereocenters. The Morgan fingerprint density at radius 1 is 0.895 bits per heavy atom. The highest BCUT2D eigenvalue weighted by Gasteiger charge is 2.42. The quantitative estimate of drug-likeness (QED) is 0.206. The van der Waals surface area contributed by atoms with Crippen LogP contribution in [0.4, 0.5) is 0 Å². The lowest BCUT2D eigenvalue weighted by Gasteiger charge is -2.37. The van der Waals surface area contributed by atoms with Gasteiger partial charge in [0.1, 0.15) is 11.5 Å². The van der Waals surface area contributed by atoms with Gasteiger partial charge in [-0.15, -0.1) is 0 Å². The minimum absolute atomic E-state index is 0.108. The highest BCUT2D eigenvalue weighted by Crippen LogP contribution is 2.46. The molecule has 0 bridgehead atoms. The van der Waals surface area contributed by atoms with E-state index in [1.54, 1.807) is 20.5 Å². The van der Waals surface area contributed by atoms with Crippen molar-refractivity contribution in [2.24, 2.45) is 18.9 Å². The first-order valence-corrected chi connectivity index (χ1v) is 13.0. The maximum absolute atomic E-state index is 13.0. The summed E-state index contributed by atoms with van der Waals surface area (Å²) in [6, 6.07) is 27.1. The Bertz CT molecular complexity index is 1300. The molecular formula is C32H34N2O4. The molecule has 0 spiro atoms. The topological polar surface area (TPSA) is 62.6 Å². The van der Waals surface area contributed by atoms with Crippen molar-refractivity contribution in [1.82, 2.24) is 9.55 Å². The predicted molar refractivity (Wildman–Crippen MR) is 146 cm³/mol. The lowest BCUT2D eigenvalue weighted by atomic mass is 9.65. The van der Waals surface area contributed by atoms with E-state index in [4.69, 9.17) is 14.2 Å². The fraction of sp³-hybridized carbons (Fsp3) is 0.312. The molecule has 1 fully saturated rings. The van der Waals surface area contributed by atoms with E-state index in [2.05, 4.69) is 53.5 Å². The van der Waals surface area contributed by atoms with Crippen molar-refractivity contribution >= 4 is 5.97 Å². The van der Waals surface area contributed by atoms with E-state index in [1.165, 1.54) is 5.56 Å². The van der Waals surface area contributed by atoms with E-state index in [-0.39, 0.29) is 17.8 Å². The third-order valence-corrected chi connectivity index (χ3v) is 7.96. The van der Waals surface area contributed by atoms with Gasteiger partial charge in [-0.3, -0.25) is 4.79 Å². The van der Waals surface area contributed by atoms with Gasteiger partial charge in [0.15, 0.2) is 0 Å². The lowest BCUT2D eigenvalue weighted by molar-refractivity contribution is -0.141. The molecule has 0 saturated carbocycles. The second kappa shape index (κ2) is 11.1. The average Bonchev–Trinajstić information content (AvgIpc) is 3.54. The van der Waals surface area contributed by atoms with Crippen molar-refractivity contribution in [2.45, 2.75) is 24.7 Å². The van der Waals surface area contributed by atoms with E-state index in [0.717, 1.165) is 41.2 Å². The Morgan fingerprint density at radius 2 is 1.47 bits per heavy atom. The number of ether oxygens (including phenoxy) is 3. The average molecular weight is 511 g/mol. The zero-order chi connectivity index (χ0) is 26.5. The highest BCUT2D eigenvalue weighted by molar-refractivity contribution is 5.74. The molecule has 0 amide bonds. The zero-order valence-electron chi connectivity index (χ0n) is 22.2. The third-order valence-electron chi connectivity index (χ3n) is 7.96. The Hall–Kier alpha value is -4.06. The fourth-order valence-electron chi connectivity index (χ4n) is 5.79. The largest absolute Gasteiger partial charge is 0.497 e. The third kappa shape index (κ3) is 4.91. The normalized spacial score (nSPS) is 17.3. The van der Waals surface area contributed by atoms with Crippen LogP contribution >= 0.6 is 0 Å². The van der Waals surface area contributed by atoms with E-state index in [1.807, 2.05) is 48.1 Å². The van der Waals surface area contributed by atoms with E-state index >= 15 is 0 Å². The first-order valence-electron chi connectivity index (χ1n) is 13.0. The summed E-state index contributed by atoms with van der Waals surface area (Å²) < 4.78 is 18.6. The van der Waals surface area contributed by atoms with E-state index in [0.29, 0.717) is 13.0 Å². The molecule has 5 rings (SSSR count). The summed E-state index contributed by atoms with van der Waals surface area (Å²) in [5.74, 6) is 1.42. The van der Waals surface area contributed by atoms with E-state index < -0.39 is 5.41 Å². The van der Waals surface area contributed by atoms with Crippen molar-refractivity contribution < 1.29 is 19.0 Å². The van der Waals surface area contributed by atoms with Crippen molar-refractivity contribution in [1.29, 1.82) is 0 Å². The Balaban J connectivity index is 1.57. The number of aryl methyl sites for hydroxylation is 1. The van der Waals surface area contributed by atoms with Crippen molar-refractivity contribution in [2.75, 3.05) is 20.8 Å². The molecule has 1 saturated heterocycles. The van der Waals surface area contributed by atoms with Crippen molar-refractivity contribution in [3.63, 3.8) is 0 Å². The Labute approximate surface area is 224 Å². The molecule has 1 aliphatic rings. The number of rotatable bonds is 10. The minimum Gasteiger partial charge on any atom is -0.497 e. The lowest BCUT2D eigenvalue weighted by Crippen LogP contribution is -2.32. The van der Waals surface area contributed by atoms with Crippen LogP contribution in [-0.2, 0) is 28.4 Å². The number of carbonyl (C=O) groups is 1. The molecule has 1 aliphatic heterocycles. The van der Waals surface area contributed by atoms with Gasteiger partial charge in [-0.05, 0) is 60.2 Å². The van der Waals surface area contributed by atoms with Crippen LogP contribution in [0, 0.1) is 11.8 Å². The zero-order valence-corrected chi connectivity index (χ0v) is 22.2. The SMILES string of the molecule is COc1ccc(C(CC[C@@H]2C(=O)OC[C@@H]2Cc2cncn2C)(c2ccccc2)c2ccc(OC)cc2)cc1. The van der Waals surface area contributed by atoms with Crippen LogP contribution < -0.4 is 9.47 Å². The summed E-state index contributed by atoms with van der Waals surface area (Å²) in [6.45, 7) is 0.443.